The summed E-state index contributed by atoms with van der Waals surface area (Å²) in [4.78, 5) is 4.17. The minimum Gasteiger partial charge on any atom is -0.299 e. The van der Waals surface area contributed by atoms with Gasteiger partial charge in [-0.15, -0.1) is 11.8 Å². The van der Waals surface area contributed by atoms with Crippen molar-refractivity contribution < 1.29 is 0 Å². The lowest BCUT2D eigenvalue weighted by atomic mass is 9.76. The first-order chi connectivity index (χ1) is 8.65. The largest absolute Gasteiger partial charge is 0.299 e. The van der Waals surface area contributed by atoms with Gasteiger partial charge >= 0.3 is 0 Å². The van der Waals surface area contributed by atoms with E-state index in [0.29, 0.717) is 5.41 Å². The van der Waals surface area contributed by atoms with E-state index >= 15 is 0 Å². The van der Waals surface area contributed by atoms with E-state index in [9.17, 15) is 0 Å². The van der Waals surface area contributed by atoms with Crippen LogP contribution in [0.15, 0.2) is 35.2 Å². The topological polar surface area (TPSA) is 3.24 Å². The average Bonchev–Trinajstić information content (AvgIpc) is 2.74. The Morgan fingerprint density at radius 1 is 1.22 bits per heavy atom. The molecule has 0 bridgehead atoms. The van der Waals surface area contributed by atoms with Crippen LogP contribution in [-0.4, -0.2) is 29.3 Å². The lowest BCUT2D eigenvalue weighted by molar-refractivity contribution is 0.0712. The summed E-state index contributed by atoms with van der Waals surface area (Å²) in [6.07, 6.45) is 4.15. The summed E-state index contributed by atoms with van der Waals surface area (Å²) < 4.78 is 0. The number of hydrogen-bond donors (Lipinski definition) is 0. The van der Waals surface area contributed by atoms with Crippen LogP contribution in [0.3, 0.4) is 0 Å². The Labute approximate surface area is 115 Å². The van der Waals surface area contributed by atoms with Crippen molar-refractivity contribution in [2.75, 3.05) is 13.1 Å². The smallest absolute Gasteiger partial charge is 0.0237 e. The monoisotopic (exact) mass is 261 g/mol. The Morgan fingerprint density at radius 2 is 2.00 bits per heavy atom. The van der Waals surface area contributed by atoms with Gasteiger partial charge in [0.15, 0.2) is 0 Å². The number of fused-ring (bicyclic) bond motifs is 1. The molecule has 2 aliphatic rings. The summed E-state index contributed by atoms with van der Waals surface area (Å²) in [6.45, 7) is 7.52. The second-order valence-corrected chi connectivity index (χ2v) is 7.77. The van der Waals surface area contributed by atoms with E-state index in [0.717, 1.165) is 11.3 Å². The number of thioether (sulfide) groups is 1. The first-order valence-corrected chi connectivity index (χ1v) is 7.99. The molecule has 0 aliphatic carbocycles. The zero-order valence-corrected chi connectivity index (χ0v) is 12.2. The highest BCUT2D eigenvalue weighted by Crippen LogP contribution is 2.44. The number of rotatable bonds is 2. The fourth-order valence-corrected chi connectivity index (χ4v) is 4.85. The molecule has 98 valence electrons. The maximum Gasteiger partial charge on any atom is 0.0237 e. The molecule has 0 radical (unpaired) electrons. The molecule has 1 aromatic rings. The third kappa shape index (κ3) is 2.46. The predicted octanol–water partition coefficient (Wildman–Crippen LogP) is 4.04. The van der Waals surface area contributed by atoms with Gasteiger partial charge < -0.3 is 0 Å². The minimum atomic E-state index is 0.518. The van der Waals surface area contributed by atoms with Gasteiger partial charge in [0.2, 0.25) is 0 Å². The summed E-state index contributed by atoms with van der Waals surface area (Å²) in [6, 6.07) is 11.7. The molecule has 2 fully saturated rings. The molecule has 1 nitrogen and oxygen atoms in total. The highest BCUT2D eigenvalue weighted by molar-refractivity contribution is 8.00. The van der Waals surface area contributed by atoms with Gasteiger partial charge in [-0.2, -0.15) is 0 Å². The summed E-state index contributed by atoms with van der Waals surface area (Å²) >= 11 is 2.08. The molecule has 2 heterocycles. The van der Waals surface area contributed by atoms with E-state index in [1.807, 2.05) is 0 Å². The second kappa shape index (κ2) is 4.90. The zero-order chi connectivity index (χ0) is 12.6. The van der Waals surface area contributed by atoms with Gasteiger partial charge in [-0.05, 0) is 43.4 Å². The Kier molecular flexibility index (Phi) is 3.42. The Bertz CT molecular complexity index is 401. The first-order valence-electron chi connectivity index (χ1n) is 7.11. The predicted molar refractivity (Wildman–Crippen MR) is 79.1 cm³/mol. The lowest BCUT2D eigenvalue weighted by Crippen LogP contribution is -2.45. The van der Waals surface area contributed by atoms with E-state index < -0.39 is 0 Å². The van der Waals surface area contributed by atoms with Crippen LogP contribution >= 0.6 is 11.8 Å². The molecule has 0 saturated carbocycles. The van der Waals surface area contributed by atoms with Crippen LogP contribution in [0.5, 0.6) is 0 Å². The molecular weight excluding hydrogens is 238 g/mol. The highest BCUT2D eigenvalue weighted by Gasteiger charge is 2.43. The van der Waals surface area contributed by atoms with Crippen LogP contribution < -0.4 is 0 Å². The fourth-order valence-electron chi connectivity index (χ4n) is 3.60. The van der Waals surface area contributed by atoms with Gasteiger partial charge in [-0.1, -0.05) is 32.0 Å². The van der Waals surface area contributed by atoms with Gasteiger partial charge in [0.05, 0.1) is 0 Å². The van der Waals surface area contributed by atoms with Crippen molar-refractivity contribution in [2.24, 2.45) is 5.41 Å². The van der Waals surface area contributed by atoms with E-state index in [4.69, 9.17) is 0 Å². The normalized spacial score (nSPS) is 31.2. The molecule has 2 unspecified atom stereocenters. The standard InChI is InChI=1S/C16H23NS/c1-16(2)9-6-10-17-12-14(11-15(16)17)18-13-7-4-3-5-8-13/h3-5,7-8,14-15H,6,9-12H2,1-2H3. The van der Waals surface area contributed by atoms with Crippen LogP contribution in [0.25, 0.3) is 0 Å². The Hall–Kier alpha value is -0.470. The molecule has 0 N–H and O–H groups in total. The molecular formula is C16H23NS. The van der Waals surface area contributed by atoms with Gasteiger partial charge in [0, 0.05) is 22.7 Å². The summed E-state index contributed by atoms with van der Waals surface area (Å²) in [5.41, 5.74) is 0.518. The Morgan fingerprint density at radius 3 is 2.72 bits per heavy atom. The minimum absolute atomic E-state index is 0.518. The maximum absolute atomic E-state index is 2.74. The number of benzene rings is 1. The molecule has 0 amide bonds. The van der Waals surface area contributed by atoms with Crippen molar-refractivity contribution in [1.29, 1.82) is 0 Å². The van der Waals surface area contributed by atoms with E-state index in [-0.39, 0.29) is 0 Å². The van der Waals surface area contributed by atoms with Gasteiger partial charge in [0.1, 0.15) is 0 Å². The van der Waals surface area contributed by atoms with Crippen LogP contribution in [0.2, 0.25) is 0 Å². The van der Waals surface area contributed by atoms with E-state index in [1.54, 1.807) is 0 Å². The first kappa shape index (κ1) is 12.6. The molecule has 0 aromatic heterocycles. The maximum atomic E-state index is 2.74. The quantitative estimate of drug-likeness (QED) is 0.790. The molecule has 1 aromatic carbocycles. The third-order valence-corrected chi connectivity index (χ3v) is 5.80. The van der Waals surface area contributed by atoms with Crippen molar-refractivity contribution >= 4 is 11.8 Å². The number of hydrogen-bond acceptors (Lipinski definition) is 2. The molecule has 2 aliphatic heterocycles. The molecule has 0 spiro atoms. The summed E-state index contributed by atoms with van der Waals surface area (Å²) in [7, 11) is 0. The van der Waals surface area contributed by atoms with Crippen molar-refractivity contribution in [2.45, 2.75) is 49.3 Å². The Balaban J connectivity index is 1.68. The summed E-state index contributed by atoms with van der Waals surface area (Å²) in [5, 5.41) is 0.787. The molecule has 2 atom stereocenters. The summed E-state index contributed by atoms with van der Waals surface area (Å²) in [5.74, 6) is 0. The SMILES string of the molecule is CC1(C)CCCN2CC(Sc3ccccc3)CC21. The molecule has 2 saturated heterocycles. The molecule has 18 heavy (non-hydrogen) atoms. The van der Waals surface area contributed by atoms with Crippen molar-refractivity contribution in [3.05, 3.63) is 30.3 Å². The van der Waals surface area contributed by atoms with Crippen LogP contribution in [-0.2, 0) is 0 Å². The van der Waals surface area contributed by atoms with Crippen LogP contribution in [0.4, 0.5) is 0 Å². The van der Waals surface area contributed by atoms with Crippen LogP contribution in [0.1, 0.15) is 33.1 Å². The number of piperidine rings is 1. The van der Waals surface area contributed by atoms with Gasteiger partial charge in [-0.3, -0.25) is 4.90 Å². The van der Waals surface area contributed by atoms with Crippen LogP contribution in [0, 0.1) is 5.41 Å². The van der Waals surface area contributed by atoms with Crippen molar-refractivity contribution in [3.8, 4) is 0 Å². The molecule has 3 rings (SSSR count). The number of nitrogens with zero attached hydrogens (tertiary/aromatic N) is 1. The molecule has 2 heteroatoms. The van der Waals surface area contributed by atoms with Crippen molar-refractivity contribution in [3.63, 3.8) is 0 Å². The highest BCUT2D eigenvalue weighted by atomic mass is 32.2. The van der Waals surface area contributed by atoms with E-state index in [1.165, 1.54) is 37.2 Å². The fraction of sp³-hybridized carbons (Fsp3) is 0.625. The zero-order valence-electron chi connectivity index (χ0n) is 11.4. The average molecular weight is 261 g/mol. The lowest BCUT2D eigenvalue weighted by Gasteiger charge is -2.42. The van der Waals surface area contributed by atoms with Gasteiger partial charge in [-0.25, -0.2) is 0 Å². The second-order valence-electron chi connectivity index (χ2n) is 6.39. The van der Waals surface area contributed by atoms with Gasteiger partial charge in [0.25, 0.3) is 0 Å². The van der Waals surface area contributed by atoms with Crippen molar-refractivity contribution in [1.82, 2.24) is 4.90 Å². The van der Waals surface area contributed by atoms with E-state index in [2.05, 4.69) is 60.8 Å². The third-order valence-electron chi connectivity index (χ3n) is 4.58.